The molecule has 0 unspecified atom stereocenters. The Labute approximate surface area is 240 Å². The van der Waals surface area contributed by atoms with Crippen LogP contribution in [0.15, 0.2) is 71.6 Å². The van der Waals surface area contributed by atoms with Crippen LogP contribution >= 0.6 is 0 Å². The first-order chi connectivity index (χ1) is 19.3. The Morgan fingerprint density at radius 1 is 1.00 bits per heavy atom. The van der Waals surface area contributed by atoms with Gasteiger partial charge < -0.3 is 15.5 Å². The van der Waals surface area contributed by atoms with Gasteiger partial charge in [-0.25, -0.2) is 17.2 Å². The molecular weight excluding hydrogens is 550 g/mol. The van der Waals surface area contributed by atoms with Crippen LogP contribution in [0.5, 0.6) is 0 Å². The number of hydrogen-bond donors (Lipinski definition) is 3. The highest BCUT2D eigenvalue weighted by Crippen LogP contribution is 2.31. The lowest BCUT2D eigenvalue weighted by molar-refractivity contribution is -0.136. The van der Waals surface area contributed by atoms with Gasteiger partial charge in [-0.3, -0.25) is 4.79 Å². The Morgan fingerprint density at radius 3 is 2.37 bits per heavy atom. The summed E-state index contributed by atoms with van der Waals surface area (Å²) in [6.07, 6.45) is 1.47. The van der Waals surface area contributed by atoms with Crippen LogP contribution in [0.1, 0.15) is 44.2 Å². The number of sulfonamides is 1. The van der Waals surface area contributed by atoms with E-state index in [1.807, 2.05) is 32.0 Å². The standard InChI is InChI=1S/C31H38F2N2O5S/c1-31(2,18-8-11-22-9-5-4-6-10-22)34-20-25(36)21-35(3)41(39,40)28-16-14-24(19-27(28)33)30-23(15-17-29(37)38)12-7-13-26(30)32/h4-7,9-10,12-14,16,19,25,34,36H,8,11,15,17-18,20-21H2,1-3H3,(H,37,38)/t25-/m1/s1. The fourth-order valence-corrected chi connectivity index (χ4v) is 5.95. The zero-order valence-corrected chi connectivity index (χ0v) is 24.4. The summed E-state index contributed by atoms with van der Waals surface area (Å²) < 4.78 is 57.0. The van der Waals surface area contributed by atoms with Crippen molar-refractivity contribution in [3.63, 3.8) is 0 Å². The normalized spacial score (nSPS) is 13.0. The van der Waals surface area contributed by atoms with Gasteiger partial charge in [0.2, 0.25) is 10.0 Å². The molecule has 0 radical (unpaired) electrons. The Morgan fingerprint density at radius 2 is 1.71 bits per heavy atom. The molecule has 10 heteroatoms. The maximum absolute atomic E-state index is 15.2. The highest BCUT2D eigenvalue weighted by atomic mass is 32.2. The molecule has 0 saturated heterocycles. The second-order valence-corrected chi connectivity index (χ2v) is 12.9. The zero-order valence-electron chi connectivity index (χ0n) is 23.6. The summed E-state index contributed by atoms with van der Waals surface area (Å²) in [4.78, 5) is 10.4. The third-order valence-electron chi connectivity index (χ3n) is 7.01. The molecule has 0 saturated carbocycles. The van der Waals surface area contributed by atoms with E-state index in [1.54, 1.807) is 6.07 Å². The van der Waals surface area contributed by atoms with Gasteiger partial charge in [0.05, 0.1) is 6.10 Å². The smallest absolute Gasteiger partial charge is 0.303 e. The molecule has 3 rings (SSSR count). The number of likely N-dealkylation sites (N-methyl/N-ethyl adjacent to an activating group) is 1. The molecule has 0 aliphatic carbocycles. The molecular formula is C31H38F2N2O5S. The Kier molecular flexibility index (Phi) is 11.1. The summed E-state index contributed by atoms with van der Waals surface area (Å²) >= 11 is 0. The lowest BCUT2D eigenvalue weighted by Crippen LogP contribution is -2.46. The van der Waals surface area contributed by atoms with Crippen LogP contribution in [0.2, 0.25) is 0 Å². The third-order valence-corrected chi connectivity index (χ3v) is 8.87. The molecule has 7 nitrogen and oxygen atoms in total. The minimum Gasteiger partial charge on any atom is -0.481 e. The van der Waals surface area contributed by atoms with Gasteiger partial charge in [-0.1, -0.05) is 48.5 Å². The molecule has 0 bridgehead atoms. The van der Waals surface area contributed by atoms with Crippen molar-refractivity contribution in [3.05, 3.63) is 89.5 Å². The Balaban J connectivity index is 1.63. The lowest BCUT2D eigenvalue weighted by atomic mass is 9.95. The molecule has 0 aromatic heterocycles. The van der Waals surface area contributed by atoms with Gasteiger partial charge in [0.15, 0.2) is 0 Å². The van der Waals surface area contributed by atoms with Crippen molar-refractivity contribution < 1.29 is 32.2 Å². The van der Waals surface area contributed by atoms with E-state index in [0.717, 1.165) is 35.7 Å². The summed E-state index contributed by atoms with van der Waals surface area (Å²) in [5.41, 5.74) is 1.46. The van der Waals surface area contributed by atoms with Gasteiger partial charge in [0.25, 0.3) is 0 Å². The fraction of sp³-hybridized carbons (Fsp3) is 0.387. The number of carboxylic acids is 1. The van der Waals surface area contributed by atoms with Crippen molar-refractivity contribution in [2.45, 2.75) is 62.5 Å². The summed E-state index contributed by atoms with van der Waals surface area (Å²) in [5.74, 6) is -2.80. The molecule has 0 spiro atoms. The number of aliphatic hydroxyl groups excluding tert-OH is 1. The molecule has 3 aromatic rings. The molecule has 41 heavy (non-hydrogen) atoms. The Bertz CT molecular complexity index is 1430. The quantitative estimate of drug-likeness (QED) is 0.230. The predicted octanol–water partition coefficient (Wildman–Crippen LogP) is 5.02. The molecule has 3 aromatic carbocycles. The van der Waals surface area contributed by atoms with Crippen LogP contribution in [0.4, 0.5) is 8.78 Å². The van der Waals surface area contributed by atoms with E-state index >= 15 is 4.39 Å². The van der Waals surface area contributed by atoms with Gasteiger partial charge in [0, 0.05) is 37.7 Å². The van der Waals surface area contributed by atoms with Crippen LogP contribution in [-0.2, 0) is 27.7 Å². The highest BCUT2D eigenvalue weighted by molar-refractivity contribution is 7.89. The van der Waals surface area contributed by atoms with Crippen molar-refractivity contribution in [1.29, 1.82) is 0 Å². The second-order valence-electron chi connectivity index (χ2n) is 10.9. The van der Waals surface area contributed by atoms with E-state index < -0.39 is 38.6 Å². The van der Waals surface area contributed by atoms with Crippen LogP contribution < -0.4 is 5.32 Å². The number of halogens is 2. The van der Waals surface area contributed by atoms with Crippen LogP contribution in [0.3, 0.4) is 0 Å². The minimum absolute atomic E-state index is 0.0258. The largest absolute Gasteiger partial charge is 0.481 e. The summed E-state index contributed by atoms with van der Waals surface area (Å²) in [5, 5.41) is 22.8. The average molecular weight is 589 g/mol. The number of aliphatic carboxylic acids is 1. The summed E-state index contributed by atoms with van der Waals surface area (Å²) in [7, 11) is -3.04. The van der Waals surface area contributed by atoms with E-state index in [9.17, 15) is 22.7 Å². The van der Waals surface area contributed by atoms with Gasteiger partial charge in [-0.15, -0.1) is 0 Å². The number of carboxylic acid groups (broad SMARTS) is 1. The minimum atomic E-state index is -4.30. The number of rotatable bonds is 15. The molecule has 3 N–H and O–H groups in total. The van der Waals surface area contributed by atoms with Crippen molar-refractivity contribution in [2.75, 3.05) is 20.1 Å². The first kappa shape index (κ1) is 32.3. The maximum atomic E-state index is 15.2. The molecule has 222 valence electrons. The first-order valence-electron chi connectivity index (χ1n) is 13.5. The van der Waals surface area contributed by atoms with Crippen LogP contribution in [-0.4, -0.2) is 60.7 Å². The van der Waals surface area contributed by atoms with Gasteiger partial charge >= 0.3 is 5.97 Å². The molecule has 0 aliphatic rings. The average Bonchev–Trinajstić information content (AvgIpc) is 2.91. The van der Waals surface area contributed by atoms with E-state index in [2.05, 4.69) is 17.4 Å². The van der Waals surface area contributed by atoms with Crippen molar-refractivity contribution in [3.8, 4) is 11.1 Å². The maximum Gasteiger partial charge on any atom is 0.303 e. The number of nitrogens with one attached hydrogen (secondary N) is 1. The molecule has 0 fully saturated rings. The zero-order chi connectivity index (χ0) is 30.2. The highest BCUT2D eigenvalue weighted by Gasteiger charge is 2.28. The lowest BCUT2D eigenvalue weighted by Gasteiger charge is -2.29. The number of aryl methyl sites for hydroxylation is 2. The second kappa shape index (κ2) is 14.1. The monoisotopic (exact) mass is 588 g/mol. The Hall–Kier alpha value is -3.18. The number of aliphatic hydroxyl groups is 1. The van der Waals surface area contributed by atoms with Crippen LogP contribution in [0, 0.1) is 11.6 Å². The van der Waals surface area contributed by atoms with E-state index in [1.165, 1.54) is 30.8 Å². The number of hydrogen-bond acceptors (Lipinski definition) is 5. The summed E-state index contributed by atoms with van der Waals surface area (Å²) in [6.45, 7) is 3.92. The van der Waals surface area contributed by atoms with Gasteiger partial charge in [-0.05, 0) is 74.4 Å². The topological polar surface area (TPSA) is 107 Å². The predicted molar refractivity (Wildman–Crippen MR) is 155 cm³/mol. The van der Waals surface area contributed by atoms with Crippen molar-refractivity contribution in [1.82, 2.24) is 9.62 Å². The van der Waals surface area contributed by atoms with Gasteiger partial charge in [-0.2, -0.15) is 4.31 Å². The third kappa shape index (κ3) is 9.16. The van der Waals surface area contributed by atoms with E-state index in [0.29, 0.717) is 5.56 Å². The molecule has 1 atom stereocenters. The van der Waals surface area contributed by atoms with Crippen molar-refractivity contribution >= 4 is 16.0 Å². The summed E-state index contributed by atoms with van der Waals surface area (Å²) in [6, 6.07) is 17.6. The first-order valence-corrected chi connectivity index (χ1v) is 15.0. The van der Waals surface area contributed by atoms with Crippen LogP contribution in [0.25, 0.3) is 11.1 Å². The SMILES string of the molecule is CN(C[C@H](O)CNC(C)(C)CCCc1ccccc1)S(=O)(=O)c1ccc(-c2c(F)cccc2CCC(=O)O)cc1F. The number of carbonyl (C=O) groups is 1. The number of β-amino-alcohol motifs (C(OH)–C–C–N with tert-alkyl or cyclic N) is 1. The molecule has 0 amide bonds. The number of nitrogens with zero attached hydrogens (tertiary/aromatic N) is 1. The molecule has 0 heterocycles. The fourth-order valence-electron chi connectivity index (χ4n) is 4.70. The van der Waals surface area contributed by atoms with Gasteiger partial charge in [0.1, 0.15) is 16.5 Å². The van der Waals surface area contributed by atoms with Crippen molar-refractivity contribution in [2.24, 2.45) is 0 Å². The molecule has 0 aliphatic heterocycles. The van der Waals surface area contributed by atoms with E-state index in [4.69, 9.17) is 5.11 Å². The van der Waals surface area contributed by atoms with E-state index in [-0.39, 0.29) is 42.6 Å². The number of benzene rings is 3.